The summed E-state index contributed by atoms with van der Waals surface area (Å²) in [5.74, 6) is 0.687. The Bertz CT molecular complexity index is 460. The van der Waals surface area contributed by atoms with E-state index in [4.69, 9.17) is 4.74 Å². The molecule has 5 heteroatoms. The molecule has 0 aromatic heterocycles. The van der Waals surface area contributed by atoms with Crippen LogP contribution < -0.4 is 0 Å². The van der Waals surface area contributed by atoms with E-state index >= 15 is 0 Å². The number of carbonyl (C=O) groups is 2. The predicted octanol–water partition coefficient (Wildman–Crippen LogP) is 2.44. The smallest absolute Gasteiger partial charge is 0.245 e. The van der Waals surface area contributed by atoms with Gasteiger partial charge in [-0.2, -0.15) is 0 Å². The Balaban J connectivity index is 1.87. The van der Waals surface area contributed by atoms with E-state index in [-0.39, 0.29) is 23.3 Å². The molecule has 1 unspecified atom stereocenters. The summed E-state index contributed by atoms with van der Waals surface area (Å²) in [6.45, 7) is 8.03. The van der Waals surface area contributed by atoms with Crippen LogP contribution in [0.2, 0.25) is 0 Å². The maximum Gasteiger partial charge on any atom is 0.245 e. The van der Waals surface area contributed by atoms with Gasteiger partial charge in [-0.3, -0.25) is 9.59 Å². The van der Waals surface area contributed by atoms with Crippen LogP contribution in [0.4, 0.5) is 0 Å². The molecule has 1 spiro atoms. The third kappa shape index (κ3) is 3.46. The molecule has 0 aliphatic carbocycles. The van der Waals surface area contributed by atoms with Gasteiger partial charge in [0.15, 0.2) is 0 Å². The summed E-state index contributed by atoms with van der Waals surface area (Å²) in [4.78, 5) is 30.2. The Kier molecular flexibility index (Phi) is 5.48. The Hall–Kier alpha value is -1.10. The molecule has 3 fully saturated rings. The van der Waals surface area contributed by atoms with Gasteiger partial charge < -0.3 is 14.5 Å². The topological polar surface area (TPSA) is 49.9 Å². The minimum atomic E-state index is -0.264. The Morgan fingerprint density at radius 3 is 2.33 bits per heavy atom. The van der Waals surface area contributed by atoms with E-state index in [0.717, 1.165) is 71.4 Å². The van der Waals surface area contributed by atoms with Crippen LogP contribution in [0.1, 0.15) is 58.8 Å². The van der Waals surface area contributed by atoms with E-state index in [1.807, 2.05) is 9.80 Å². The molecule has 0 bridgehead atoms. The number of likely N-dealkylation sites (tertiary alicyclic amines) is 2. The monoisotopic (exact) mass is 336 g/mol. The molecule has 3 aliphatic rings. The fourth-order valence-corrected chi connectivity index (χ4v) is 4.74. The number of carbonyl (C=O) groups excluding carboxylic acids is 2. The fourth-order valence-electron chi connectivity index (χ4n) is 4.74. The first-order chi connectivity index (χ1) is 11.5. The lowest BCUT2D eigenvalue weighted by Crippen LogP contribution is -2.62. The zero-order valence-electron chi connectivity index (χ0n) is 15.3. The first kappa shape index (κ1) is 17.7. The average Bonchev–Trinajstić information content (AvgIpc) is 3.08. The van der Waals surface area contributed by atoms with Gasteiger partial charge in [0.1, 0.15) is 6.04 Å². The van der Waals surface area contributed by atoms with Crippen molar-refractivity contribution in [3.63, 3.8) is 0 Å². The van der Waals surface area contributed by atoms with Gasteiger partial charge in [-0.1, -0.05) is 13.8 Å². The quantitative estimate of drug-likeness (QED) is 0.795. The van der Waals surface area contributed by atoms with Crippen molar-refractivity contribution in [2.24, 2.45) is 11.3 Å². The average molecular weight is 336 g/mol. The molecule has 0 N–H and O–H groups in total. The third-order valence-electron chi connectivity index (χ3n) is 6.01. The van der Waals surface area contributed by atoms with Gasteiger partial charge >= 0.3 is 0 Å². The fraction of sp³-hybridized carbons (Fsp3) is 0.895. The van der Waals surface area contributed by atoms with Crippen molar-refractivity contribution in [1.82, 2.24) is 9.80 Å². The third-order valence-corrected chi connectivity index (χ3v) is 6.01. The molecule has 3 rings (SSSR count). The SMILES string of the molecule is CC(C)CC(=O)N1CCCC2(CCOCC2)C1C(=O)N1CCCC1. The second-order valence-corrected chi connectivity index (χ2v) is 8.20. The molecular weight excluding hydrogens is 304 g/mol. The largest absolute Gasteiger partial charge is 0.381 e. The number of ether oxygens (including phenoxy) is 1. The van der Waals surface area contributed by atoms with Crippen molar-refractivity contribution < 1.29 is 14.3 Å². The van der Waals surface area contributed by atoms with Gasteiger partial charge in [-0.05, 0) is 44.4 Å². The van der Waals surface area contributed by atoms with Crippen molar-refractivity contribution >= 4 is 11.8 Å². The summed E-state index contributed by atoms with van der Waals surface area (Å²) >= 11 is 0. The lowest BCUT2D eigenvalue weighted by molar-refractivity contribution is -0.161. The summed E-state index contributed by atoms with van der Waals surface area (Å²) in [5, 5.41) is 0. The highest BCUT2D eigenvalue weighted by Gasteiger charge is 2.51. The molecular formula is C19H32N2O3. The van der Waals surface area contributed by atoms with Gasteiger partial charge in [-0.15, -0.1) is 0 Å². The van der Waals surface area contributed by atoms with Gasteiger partial charge in [0, 0.05) is 44.7 Å². The number of hydrogen-bond acceptors (Lipinski definition) is 3. The Morgan fingerprint density at radius 2 is 1.71 bits per heavy atom. The molecule has 0 radical (unpaired) electrons. The van der Waals surface area contributed by atoms with Crippen LogP contribution in [-0.4, -0.2) is 60.5 Å². The maximum atomic E-state index is 13.4. The lowest BCUT2D eigenvalue weighted by atomic mass is 9.67. The Morgan fingerprint density at radius 1 is 1.04 bits per heavy atom. The van der Waals surface area contributed by atoms with E-state index in [2.05, 4.69) is 13.8 Å². The molecule has 2 amide bonds. The van der Waals surface area contributed by atoms with Crippen molar-refractivity contribution in [3.8, 4) is 0 Å². The summed E-state index contributed by atoms with van der Waals surface area (Å²) in [6, 6.07) is -0.264. The van der Waals surface area contributed by atoms with Crippen molar-refractivity contribution in [1.29, 1.82) is 0 Å². The molecule has 3 heterocycles. The molecule has 0 saturated carbocycles. The molecule has 1 atom stereocenters. The van der Waals surface area contributed by atoms with Gasteiger partial charge in [0.25, 0.3) is 0 Å². The summed E-state index contributed by atoms with van der Waals surface area (Å²) in [7, 11) is 0. The molecule has 24 heavy (non-hydrogen) atoms. The molecule has 0 aromatic carbocycles. The number of hydrogen-bond donors (Lipinski definition) is 0. The van der Waals surface area contributed by atoms with Gasteiger partial charge in [0.05, 0.1) is 0 Å². The zero-order valence-corrected chi connectivity index (χ0v) is 15.3. The predicted molar refractivity (Wildman–Crippen MR) is 92.5 cm³/mol. The van der Waals surface area contributed by atoms with Crippen LogP contribution in [0.25, 0.3) is 0 Å². The van der Waals surface area contributed by atoms with E-state index < -0.39 is 0 Å². The maximum absolute atomic E-state index is 13.4. The number of amides is 2. The van der Waals surface area contributed by atoms with Crippen LogP contribution in [0.3, 0.4) is 0 Å². The van der Waals surface area contributed by atoms with Crippen molar-refractivity contribution in [3.05, 3.63) is 0 Å². The van der Waals surface area contributed by atoms with E-state index in [1.54, 1.807) is 0 Å². The van der Waals surface area contributed by atoms with Crippen LogP contribution in [0, 0.1) is 11.3 Å². The number of piperidine rings is 1. The van der Waals surface area contributed by atoms with Gasteiger partial charge in [-0.25, -0.2) is 0 Å². The van der Waals surface area contributed by atoms with Gasteiger partial charge in [0.2, 0.25) is 11.8 Å². The van der Waals surface area contributed by atoms with E-state index in [1.165, 1.54) is 0 Å². The van der Waals surface area contributed by atoms with E-state index in [9.17, 15) is 9.59 Å². The van der Waals surface area contributed by atoms with Crippen molar-refractivity contribution in [2.75, 3.05) is 32.8 Å². The second-order valence-electron chi connectivity index (χ2n) is 8.20. The molecule has 0 aromatic rings. The number of rotatable bonds is 3. The van der Waals surface area contributed by atoms with Crippen LogP contribution in [0.5, 0.6) is 0 Å². The number of nitrogens with zero attached hydrogens (tertiary/aromatic N) is 2. The summed E-state index contributed by atoms with van der Waals surface area (Å²) < 4.78 is 5.58. The summed E-state index contributed by atoms with van der Waals surface area (Å²) in [5.41, 5.74) is -0.0667. The van der Waals surface area contributed by atoms with Crippen LogP contribution in [0.15, 0.2) is 0 Å². The second kappa shape index (κ2) is 7.42. The van der Waals surface area contributed by atoms with Crippen molar-refractivity contribution in [2.45, 2.75) is 64.8 Å². The highest BCUT2D eigenvalue weighted by atomic mass is 16.5. The molecule has 5 nitrogen and oxygen atoms in total. The lowest BCUT2D eigenvalue weighted by Gasteiger charge is -2.51. The highest BCUT2D eigenvalue weighted by Crippen LogP contribution is 2.45. The summed E-state index contributed by atoms with van der Waals surface area (Å²) in [6.07, 6.45) is 6.59. The van der Waals surface area contributed by atoms with Crippen LogP contribution >= 0.6 is 0 Å². The first-order valence-electron chi connectivity index (χ1n) is 9.69. The zero-order chi connectivity index (χ0) is 17.2. The minimum Gasteiger partial charge on any atom is -0.381 e. The van der Waals surface area contributed by atoms with Crippen LogP contribution in [-0.2, 0) is 14.3 Å². The molecule has 3 saturated heterocycles. The first-order valence-corrected chi connectivity index (χ1v) is 9.69. The normalized spacial score (nSPS) is 27.0. The molecule has 136 valence electrons. The Labute approximate surface area is 145 Å². The minimum absolute atomic E-state index is 0.0667. The highest BCUT2D eigenvalue weighted by molar-refractivity contribution is 5.89. The standard InChI is InChI=1S/C19H32N2O3/c1-15(2)14-16(22)21-11-5-6-19(7-12-24-13-8-19)17(21)18(23)20-9-3-4-10-20/h15,17H,3-14H2,1-2H3. The van der Waals surface area contributed by atoms with E-state index in [0.29, 0.717) is 12.3 Å². The molecule has 3 aliphatic heterocycles.